The van der Waals surface area contributed by atoms with E-state index >= 15 is 0 Å². The second-order valence-corrected chi connectivity index (χ2v) is 6.56. The number of hydrogen-bond acceptors (Lipinski definition) is 9. The number of ether oxygens (including phenoxy) is 3. The molecule has 10 heteroatoms. The third kappa shape index (κ3) is 3.48. The molecule has 1 aliphatic heterocycles. The summed E-state index contributed by atoms with van der Waals surface area (Å²) in [5.41, 5.74) is 1.13. The molecular formula is C21H19N5O5. The van der Waals surface area contributed by atoms with Gasteiger partial charge in [-0.05, 0) is 28.1 Å². The van der Waals surface area contributed by atoms with Crippen LogP contribution in [0.15, 0.2) is 54.1 Å². The lowest BCUT2D eigenvalue weighted by atomic mass is 9.89. The molecule has 0 spiro atoms. The van der Waals surface area contributed by atoms with Crippen molar-refractivity contribution in [2.45, 2.75) is 6.04 Å². The van der Waals surface area contributed by atoms with Crippen LogP contribution in [0.1, 0.15) is 22.0 Å². The van der Waals surface area contributed by atoms with Gasteiger partial charge in [-0.1, -0.05) is 41.5 Å². The molecule has 0 fully saturated rings. The number of Topliss-reactive ketones (excluding diaryl/α,β-unsaturated/α-hetero) is 1. The summed E-state index contributed by atoms with van der Waals surface area (Å²) in [5.74, 6) is 0.0946. The molecule has 4 rings (SSSR count). The van der Waals surface area contributed by atoms with Crippen molar-refractivity contribution in [3.8, 4) is 11.5 Å². The summed E-state index contributed by atoms with van der Waals surface area (Å²) in [5, 5.41) is 14.5. The molecule has 1 aliphatic rings. The lowest BCUT2D eigenvalue weighted by Gasteiger charge is -2.28. The lowest BCUT2D eigenvalue weighted by Crippen LogP contribution is -2.31. The monoisotopic (exact) mass is 421 g/mol. The number of esters is 1. The average molecular weight is 421 g/mol. The third-order valence-electron chi connectivity index (χ3n) is 4.90. The number of carbonyl (C=O) groups is 2. The van der Waals surface area contributed by atoms with E-state index in [9.17, 15) is 9.59 Å². The molecule has 31 heavy (non-hydrogen) atoms. The second-order valence-electron chi connectivity index (χ2n) is 6.56. The number of nitrogens with zero attached hydrogens (tertiary/aromatic N) is 4. The fourth-order valence-corrected chi connectivity index (χ4v) is 3.44. The Morgan fingerprint density at radius 2 is 1.74 bits per heavy atom. The molecular weight excluding hydrogens is 402 g/mol. The highest BCUT2D eigenvalue weighted by molar-refractivity contribution is 6.24. The molecule has 0 aliphatic carbocycles. The molecule has 0 bridgehead atoms. The quantitative estimate of drug-likeness (QED) is 0.472. The molecule has 0 radical (unpaired) electrons. The number of aromatic nitrogens is 4. The number of rotatable bonds is 6. The van der Waals surface area contributed by atoms with Gasteiger partial charge in [-0.25, -0.2) is 4.79 Å². The predicted molar refractivity (Wildman–Crippen MR) is 110 cm³/mol. The van der Waals surface area contributed by atoms with E-state index in [0.29, 0.717) is 22.6 Å². The van der Waals surface area contributed by atoms with Crippen molar-refractivity contribution in [2.24, 2.45) is 0 Å². The number of nitrogens with one attached hydrogen (secondary N) is 1. The summed E-state index contributed by atoms with van der Waals surface area (Å²) >= 11 is 0. The van der Waals surface area contributed by atoms with Crippen LogP contribution in [0.4, 0.5) is 5.95 Å². The van der Waals surface area contributed by atoms with Crippen molar-refractivity contribution in [1.82, 2.24) is 20.2 Å². The summed E-state index contributed by atoms with van der Waals surface area (Å²) in [6.45, 7) is 0. The third-order valence-corrected chi connectivity index (χ3v) is 4.90. The van der Waals surface area contributed by atoms with Crippen LogP contribution >= 0.6 is 0 Å². The fraction of sp³-hybridized carbons (Fsp3) is 0.190. The smallest absolute Gasteiger partial charge is 0.357 e. The first-order valence-electron chi connectivity index (χ1n) is 9.28. The standard InChI is InChI=1S/C21H19N5O5/c1-29-14-10-9-13(11-15(14)30-2)17-16(19(27)12-7-5-4-6-8-12)18(20(28)31-3)26-21(22-17)23-24-25-26/h4-11,17H,1-3H3,(H,22,23,25)/t17-/m0/s1. The van der Waals surface area contributed by atoms with Crippen molar-refractivity contribution in [2.75, 3.05) is 26.6 Å². The Labute approximate surface area is 177 Å². The fourth-order valence-electron chi connectivity index (χ4n) is 3.44. The van der Waals surface area contributed by atoms with Crippen molar-refractivity contribution >= 4 is 23.4 Å². The van der Waals surface area contributed by atoms with Crippen LogP contribution in [0.2, 0.25) is 0 Å². The highest BCUT2D eigenvalue weighted by Crippen LogP contribution is 2.39. The van der Waals surface area contributed by atoms with E-state index in [1.807, 2.05) is 0 Å². The number of anilines is 1. The average Bonchev–Trinajstić information content (AvgIpc) is 3.30. The van der Waals surface area contributed by atoms with Crippen LogP contribution in [0, 0.1) is 0 Å². The first kappa shape index (κ1) is 20.1. The lowest BCUT2D eigenvalue weighted by molar-refractivity contribution is -0.134. The molecule has 10 nitrogen and oxygen atoms in total. The Bertz CT molecular complexity index is 1170. The SMILES string of the molecule is COC(=O)C1=C(C(=O)c2ccccc2)[C@H](c2ccc(OC)c(OC)c2)Nc2nnnn21. The molecule has 1 atom stereocenters. The number of tetrazole rings is 1. The molecule has 0 saturated heterocycles. The highest BCUT2D eigenvalue weighted by atomic mass is 16.5. The first-order chi connectivity index (χ1) is 15.1. The summed E-state index contributed by atoms with van der Waals surface area (Å²) in [7, 11) is 4.28. The molecule has 0 saturated carbocycles. The van der Waals surface area contributed by atoms with Gasteiger partial charge in [0.05, 0.1) is 32.9 Å². The van der Waals surface area contributed by atoms with Crippen LogP contribution in [-0.4, -0.2) is 53.3 Å². The summed E-state index contributed by atoms with van der Waals surface area (Å²) in [6, 6.07) is 13.1. The Kier molecular flexibility index (Phi) is 5.35. The van der Waals surface area contributed by atoms with Gasteiger partial charge in [-0.15, -0.1) is 0 Å². The first-order valence-corrected chi connectivity index (χ1v) is 9.28. The van der Waals surface area contributed by atoms with E-state index in [2.05, 4.69) is 20.8 Å². The topological polar surface area (TPSA) is 117 Å². The predicted octanol–water partition coefficient (Wildman–Crippen LogP) is 2.12. The number of methoxy groups -OCH3 is 3. The van der Waals surface area contributed by atoms with Gasteiger partial charge in [0, 0.05) is 5.56 Å². The molecule has 0 amide bonds. The van der Waals surface area contributed by atoms with Crippen molar-refractivity contribution in [1.29, 1.82) is 0 Å². The minimum absolute atomic E-state index is 0.0603. The number of fused-ring (bicyclic) bond motifs is 1. The van der Waals surface area contributed by atoms with Gasteiger partial charge >= 0.3 is 5.97 Å². The van der Waals surface area contributed by atoms with E-state index in [4.69, 9.17) is 14.2 Å². The molecule has 158 valence electrons. The molecule has 1 aromatic heterocycles. The van der Waals surface area contributed by atoms with Crippen molar-refractivity contribution in [3.05, 3.63) is 65.2 Å². The van der Waals surface area contributed by atoms with Gasteiger partial charge in [0.15, 0.2) is 23.0 Å². The molecule has 3 aromatic rings. The number of benzene rings is 2. The number of ketones is 1. The van der Waals surface area contributed by atoms with Crippen molar-refractivity contribution in [3.63, 3.8) is 0 Å². The molecule has 0 unspecified atom stereocenters. The Balaban J connectivity index is 1.96. The highest BCUT2D eigenvalue weighted by Gasteiger charge is 2.38. The maximum atomic E-state index is 13.6. The van der Waals surface area contributed by atoms with Crippen LogP contribution < -0.4 is 14.8 Å². The van der Waals surface area contributed by atoms with Crippen LogP contribution in [0.3, 0.4) is 0 Å². The van der Waals surface area contributed by atoms with Crippen LogP contribution in [0.25, 0.3) is 5.70 Å². The zero-order valence-electron chi connectivity index (χ0n) is 17.0. The van der Waals surface area contributed by atoms with Crippen molar-refractivity contribution < 1.29 is 23.8 Å². The number of carbonyl (C=O) groups excluding carboxylic acids is 2. The van der Waals surface area contributed by atoms with E-state index < -0.39 is 12.0 Å². The van der Waals surface area contributed by atoms with E-state index in [-0.39, 0.29) is 23.0 Å². The second kappa shape index (κ2) is 8.27. The van der Waals surface area contributed by atoms with E-state index in [1.54, 1.807) is 48.5 Å². The molecule has 2 heterocycles. The van der Waals surface area contributed by atoms with E-state index in [1.165, 1.54) is 26.0 Å². The minimum atomic E-state index is -0.750. The molecule has 1 N–H and O–H groups in total. The summed E-state index contributed by atoms with van der Waals surface area (Å²) in [6.07, 6.45) is 0. The molecule has 2 aromatic carbocycles. The zero-order chi connectivity index (χ0) is 22.0. The van der Waals surface area contributed by atoms with Gasteiger partial charge in [0.25, 0.3) is 0 Å². The van der Waals surface area contributed by atoms with Gasteiger partial charge in [0.2, 0.25) is 5.95 Å². The Hall–Kier alpha value is -4.21. The van der Waals surface area contributed by atoms with E-state index in [0.717, 1.165) is 0 Å². The largest absolute Gasteiger partial charge is 0.493 e. The minimum Gasteiger partial charge on any atom is -0.493 e. The Morgan fingerprint density at radius 3 is 2.42 bits per heavy atom. The van der Waals surface area contributed by atoms with Gasteiger partial charge in [-0.2, -0.15) is 4.68 Å². The maximum absolute atomic E-state index is 13.6. The van der Waals surface area contributed by atoms with Crippen LogP contribution in [-0.2, 0) is 9.53 Å². The van der Waals surface area contributed by atoms with Gasteiger partial charge in [0.1, 0.15) is 0 Å². The number of hydrogen-bond donors (Lipinski definition) is 1. The zero-order valence-corrected chi connectivity index (χ0v) is 17.0. The normalized spacial score (nSPS) is 15.0. The van der Waals surface area contributed by atoms with Gasteiger partial charge in [-0.3, -0.25) is 4.79 Å². The maximum Gasteiger partial charge on any atom is 0.357 e. The van der Waals surface area contributed by atoms with Gasteiger partial charge < -0.3 is 19.5 Å². The summed E-state index contributed by atoms with van der Waals surface area (Å²) in [4.78, 5) is 26.3. The van der Waals surface area contributed by atoms with Crippen LogP contribution in [0.5, 0.6) is 11.5 Å². The summed E-state index contributed by atoms with van der Waals surface area (Å²) < 4.78 is 16.8. The Morgan fingerprint density at radius 1 is 1.00 bits per heavy atom.